The van der Waals surface area contributed by atoms with Crippen LogP contribution in [0.3, 0.4) is 0 Å². The highest BCUT2D eigenvalue weighted by Crippen LogP contribution is 2.37. The first-order valence-corrected chi connectivity index (χ1v) is 8.48. The lowest BCUT2D eigenvalue weighted by Gasteiger charge is -2.04. The number of rotatable bonds is 6. The van der Waals surface area contributed by atoms with E-state index in [1.165, 1.54) is 0 Å². The molecule has 8 heteroatoms. The second-order valence-corrected chi connectivity index (χ2v) is 7.49. The van der Waals surface area contributed by atoms with E-state index in [1.54, 1.807) is 18.2 Å². The minimum absolute atomic E-state index is 0.0655. The van der Waals surface area contributed by atoms with Crippen molar-refractivity contribution < 1.29 is 18.3 Å². The van der Waals surface area contributed by atoms with Gasteiger partial charge in [-0.05, 0) is 12.5 Å². The first kappa shape index (κ1) is 15.2. The molecule has 0 radical (unpaired) electrons. The van der Waals surface area contributed by atoms with Gasteiger partial charge in [0.15, 0.2) is 4.21 Å². The zero-order valence-electron chi connectivity index (χ0n) is 10.3. The summed E-state index contributed by atoms with van der Waals surface area (Å²) in [4.78, 5) is 10.4. The first-order chi connectivity index (χ1) is 9.42. The fraction of sp³-hybridized carbons (Fsp3) is 0.250. The van der Waals surface area contributed by atoms with Crippen LogP contribution in [-0.2, 0) is 14.8 Å². The van der Waals surface area contributed by atoms with E-state index >= 15 is 0 Å². The average molecular weight is 334 g/mol. The van der Waals surface area contributed by atoms with Gasteiger partial charge in [0.2, 0.25) is 0 Å². The van der Waals surface area contributed by atoms with Crippen LogP contribution in [0.25, 0.3) is 10.1 Å². The van der Waals surface area contributed by atoms with Crippen LogP contribution >= 0.6 is 22.9 Å². The molecule has 2 aromatic rings. The molecule has 0 unspecified atom stereocenters. The highest BCUT2D eigenvalue weighted by molar-refractivity contribution is 7.92. The summed E-state index contributed by atoms with van der Waals surface area (Å²) in [5, 5.41) is 9.41. The lowest BCUT2D eigenvalue weighted by atomic mass is 10.3. The van der Waals surface area contributed by atoms with Gasteiger partial charge in [-0.2, -0.15) is 0 Å². The Morgan fingerprint density at radius 1 is 1.35 bits per heavy atom. The molecule has 0 spiro atoms. The molecule has 108 valence electrons. The number of carboxylic acid groups (broad SMARTS) is 1. The van der Waals surface area contributed by atoms with Gasteiger partial charge < -0.3 is 5.11 Å². The van der Waals surface area contributed by atoms with Gasteiger partial charge in [0.05, 0.1) is 5.02 Å². The molecular weight excluding hydrogens is 322 g/mol. The number of fused-ring (bicyclic) bond motifs is 1. The summed E-state index contributed by atoms with van der Waals surface area (Å²) in [6.45, 7) is 0.0687. The maximum Gasteiger partial charge on any atom is 0.303 e. The fourth-order valence-corrected chi connectivity index (χ4v) is 4.92. The van der Waals surface area contributed by atoms with Gasteiger partial charge in [0, 0.05) is 23.1 Å². The first-order valence-electron chi connectivity index (χ1n) is 5.80. The molecule has 2 N–H and O–H groups in total. The number of aliphatic carboxylic acids is 1. The van der Waals surface area contributed by atoms with Crippen molar-refractivity contribution in [1.29, 1.82) is 0 Å². The predicted molar refractivity (Wildman–Crippen MR) is 78.9 cm³/mol. The van der Waals surface area contributed by atoms with Gasteiger partial charge in [0.25, 0.3) is 10.0 Å². The van der Waals surface area contributed by atoms with Crippen LogP contribution in [0.4, 0.5) is 0 Å². The van der Waals surface area contributed by atoms with Crippen molar-refractivity contribution in [2.24, 2.45) is 0 Å². The van der Waals surface area contributed by atoms with Crippen molar-refractivity contribution in [3.8, 4) is 0 Å². The second kappa shape index (κ2) is 6.09. The van der Waals surface area contributed by atoms with Crippen molar-refractivity contribution in [2.45, 2.75) is 17.1 Å². The summed E-state index contributed by atoms with van der Waals surface area (Å²) in [6.07, 6.45) is 0.153. The SMILES string of the molecule is O=C(O)CCCNS(=O)(=O)c1sc2ccccc2c1Cl. The monoisotopic (exact) mass is 333 g/mol. The molecule has 0 aliphatic rings. The largest absolute Gasteiger partial charge is 0.481 e. The number of carboxylic acids is 1. The van der Waals surface area contributed by atoms with Crippen molar-refractivity contribution in [1.82, 2.24) is 4.72 Å². The third-order valence-corrected chi connectivity index (χ3v) is 6.38. The van der Waals surface area contributed by atoms with Gasteiger partial charge in [-0.25, -0.2) is 13.1 Å². The van der Waals surface area contributed by atoms with Crippen LogP contribution in [0, 0.1) is 0 Å². The number of hydrogen-bond donors (Lipinski definition) is 2. The van der Waals surface area contributed by atoms with Crippen molar-refractivity contribution in [3.05, 3.63) is 29.3 Å². The molecule has 5 nitrogen and oxygen atoms in total. The molecule has 0 aliphatic carbocycles. The topological polar surface area (TPSA) is 83.5 Å². The van der Waals surface area contributed by atoms with E-state index in [4.69, 9.17) is 16.7 Å². The summed E-state index contributed by atoms with van der Waals surface area (Å²) >= 11 is 7.20. The minimum Gasteiger partial charge on any atom is -0.481 e. The number of thiophene rings is 1. The van der Waals surface area contributed by atoms with Crippen LogP contribution in [0.2, 0.25) is 5.02 Å². The third kappa shape index (κ3) is 3.29. The van der Waals surface area contributed by atoms with Crippen LogP contribution in [-0.4, -0.2) is 26.0 Å². The Hall–Kier alpha value is -1.15. The Labute approximate surface area is 125 Å². The summed E-state index contributed by atoms with van der Waals surface area (Å²) < 4.78 is 27.5. The lowest BCUT2D eigenvalue weighted by Crippen LogP contribution is -2.24. The quantitative estimate of drug-likeness (QED) is 0.796. The number of benzene rings is 1. The molecular formula is C12H12ClNO4S2. The van der Waals surface area contributed by atoms with E-state index in [0.717, 1.165) is 16.0 Å². The van der Waals surface area contributed by atoms with E-state index in [9.17, 15) is 13.2 Å². The molecule has 0 atom stereocenters. The molecule has 1 aromatic heterocycles. The van der Waals surface area contributed by atoms with Crippen LogP contribution in [0.5, 0.6) is 0 Å². The summed E-state index contributed by atoms with van der Waals surface area (Å²) in [5.41, 5.74) is 0. The van der Waals surface area contributed by atoms with E-state index in [2.05, 4.69) is 4.72 Å². The van der Waals surface area contributed by atoms with E-state index in [-0.39, 0.29) is 28.6 Å². The third-order valence-electron chi connectivity index (χ3n) is 2.61. The minimum atomic E-state index is -3.71. The van der Waals surface area contributed by atoms with Crippen molar-refractivity contribution in [2.75, 3.05) is 6.54 Å². The average Bonchev–Trinajstić information content (AvgIpc) is 2.74. The Bertz CT molecular complexity index is 739. The normalized spacial score (nSPS) is 11.8. The summed E-state index contributed by atoms with van der Waals surface area (Å²) in [5.74, 6) is -0.955. The van der Waals surface area contributed by atoms with Gasteiger partial charge in [-0.1, -0.05) is 29.8 Å². The molecule has 20 heavy (non-hydrogen) atoms. The zero-order valence-corrected chi connectivity index (χ0v) is 12.7. The highest BCUT2D eigenvalue weighted by atomic mass is 35.5. The van der Waals surface area contributed by atoms with Gasteiger partial charge in [-0.15, -0.1) is 11.3 Å². The maximum absolute atomic E-state index is 12.1. The van der Waals surface area contributed by atoms with E-state index in [0.29, 0.717) is 5.39 Å². The predicted octanol–water partition coefficient (Wildman–Crippen LogP) is 2.70. The second-order valence-electron chi connectivity index (χ2n) is 4.09. The molecule has 1 heterocycles. The number of hydrogen-bond acceptors (Lipinski definition) is 4. The molecule has 0 bridgehead atoms. The van der Waals surface area contributed by atoms with Crippen LogP contribution in [0.1, 0.15) is 12.8 Å². The molecule has 1 aromatic carbocycles. The number of sulfonamides is 1. The van der Waals surface area contributed by atoms with Gasteiger partial charge in [-0.3, -0.25) is 4.79 Å². The molecule has 2 rings (SSSR count). The molecule has 0 amide bonds. The molecule has 0 saturated carbocycles. The fourth-order valence-electron chi connectivity index (χ4n) is 1.68. The lowest BCUT2D eigenvalue weighted by molar-refractivity contribution is -0.137. The van der Waals surface area contributed by atoms with Gasteiger partial charge in [0.1, 0.15) is 0 Å². The Morgan fingerprint density at radius 3 is 2.70 bits per heavy atom. The zero-order chi connectivity index (χ0) is 14.8. The van der Waals surface area contributed by atoms with E-state index < -0.39 is 16.0 Å². The molecule has 0 aliphatic heterocycles. The standard InChI is InChI=1S/C12H12ClNO4S2/c13-11-8-4-1-2-5-9(8)19-12(11)20(17,18)14-7-3-6-10(15)16/h1-2,4-5,14H,3,6-7H2,(H,15,16). The summed E-state index contributed by atoms with van der Waals surface area (Å²) in [7, 11) is -3.71. The highest BCUT2D eigenvalue weighted by Gasteiger charge is 2.22. The Morgan fingerprint density at radius 2 is 2.05 bits per heavy atom. The van der Waals surface area contributed by atoms with Crippen LogP contribution in [0.15, 0.2) is 28.5 Å². The Kier molecular flexibility index (Phi) is 4.64. The smallest absolute Gasteiger partial charge is 0.303 e. The van der Waals surface area contributed by atoms with Crippen molar-refractivity contribution >= 4 is 49.0 Å². The van der Waals surface area contributed by atoms with Crippen LogP contribution < -0.4 is 4.72 Å². The molecule has 0 saturated heterocycles. The number of nitrogens with one attached hydrogen (secondary N) is 1. The number of carbonyl (C=O) groups is 1. The molecule has 0 fully saturated rings. The van der Waals surface area contributed by atoms with Gasteiger partial charge >= 0.3 is 5.97 Å². The Balaban J connectivity index is 2.19. The maximum atomic E-state index is 12.1. The van der Waals surface area contributed by atoms with Crippen molar-refractivity contribution in [3.63, 3.8) is 0 Å². The van der Waals surface area contributed by atoms with E-state index in [1.807, 2.05) is 6.07 Å². The number of halogens is 1. The summed E-state index contributed by atoms with van der Waals surface area (Å²) in [6, 6.07) is 7.16.